The van der Waals surface area contributed by atoms with Gasteiger partial charge in [-0.2, -0.15) is 0 Å². The van der Waals surface area contributed by atoms with E-state index in [1.54, 1.807) is 0 Å². The lowest BCUT2D eigenvalue weighted by molar-refractivity contribution is 0.162. The Labute approximate surface area is 114 Å². The number of para-hydroxylation sites is 1. The lowest BCUT2D eigenvalue weighted by atomic mass is 10.1. The van der Waals surface area contributed by atoms with E-state index in [0.717, 1.165) is 16.7 Å². The van der Waals surface area contributed by atoms with E-state index in [1.807, 2.05) is 18.2 Å². The minimum Gasteiger partial charge on any atom is -0.459 e. The van der Waals surface area contributed by atoms with Crippen LogP contribution in [0.25, 0.3) is 11.0 Å². The summed E-state index contributed by atoms with van der Waals surface area (Å²) in [5.74, 6) is 0.998. The van der Waals surface area contributed by atoms with E-state index < -0.39 is 0 Å². The highest BCUT2D eigenvalue weighted by molar-refractivity contribution is 5.77. The molecule has 1 atom stereocenters. The van der Waals surface area contributed by atoms with Crippen LogP contribution in [0.1, 0.15) is 37.5 Å². The number of hydrogen-bond acceptors (Lipinski definition) is 3. The van der Waals surface area contributed by atoms with Crippen molar-refractivity contribution in [1.29, 1.82) is 0 Å². The van der Waals surface area contributed by atoms with Crippen molar-refractivity contribution in [3.8, 4) is 0 Å². The van der Waals surface area contributed by atoms with Gasteiger partial charge in [-0.3, -0.25) is 4.90 Å². The number of likely N-dealkylation sites (N-methyl/N-ethyl adjacent to an activating group) is 1. The van der Waals surface area contributed by atoms with Crippen LogP contribution >= 0.6 is 0 Å². The average molecular weight is 258 g/mol. The average Bonchev–Trinajstić information content (AvgIpc) is 3.08. The SMILES string of the molecule is CN(C1CCCC1)C(CN)c1cc2ccccc2o1. The Morgan fingerprint density at radius 2 is 2.05 bits per heavy atom. The molecule has 1 aliphatic carbocycles. The molecule has 1 saturated carbocycles. The van der Waals surface area contributed by atoms with Crippen molar-refractivity contribution in [3.63, 3.8) is 0 Å². The summed E-state index contributed by atoms with van der Waals surface area (Å²) in [6.45, 7) is 0.604. The van der Waals surface area contributed by atoms with Gasteiger partial charge in [0.15, 0.2) is 0 Å². The van der Waals surface area contributed by atoms with E-state index in [-0.39, 0.29) is 6.04 Å². The Balaban J connectivity index is 1.88. The maximum absolute atomic E-state index is 5.99. The van der Waals surface area contributed by atoms with Crippen LogP contribution < -0.4 is 5.73 Å². The second-order valence-corrected chi connectivity index (χ2v) is 5.54. The fraction of sp³-hybridized carbons (Fsp3) is 0.500. The van der Waals surface area contributed by atoms with Crippen molar-refractivity contribution < 1.29 is 4.42 Å². The van der Waals surface area contributed by atoms with Crippen LogP contribution in [0.15, 0.2) is 34.7 Å². The first-order valence-electron chi connectivity index (χ1n) is 7.20. The van der Waals surface area contributed by atoms with Crippen LogP contribution in [0.4, 0.5) is 0 Å². The van der Waals surface area contributed by atoms with Gasteiger partial charge in [0.25, 0.3) is 0 Å². The Morgan fingerprint density at radius 1 is 1.32 bits per heavy atom. The molecule has 0 bridgehead atoms. The van der Waals surface area contributed by atoms with Crippen LogP contribution in [0, 0.1) is 0 Å². The van der Waals surface area contributed by atoms with Gasteiger partial charge in [0.05, 0.1) is 6.04 Å². The van der Waals surface area contributed by atoms with E-state index >= 15 is 0 Å². The summed E-state index contributed by atoms with van der Waals surface area (Å²) in [5.41, 5.74) is 6.95. The molecule has 1 aromatic heterocycles. The van der Waals surface area contributed by atoms with E-state index in [1.165, 1.54) is 25.7 Å². The lowest BCUT2D eigenvalue weighted by Crippen LogP contribution is -2.36. The monoisotopic (exact) mass is 258 g/mol. The molecule has 0 saturated heterocycles. The molecular formula is C16H22N2O. The number of benzene rings is 1. The second kappa shape index (κ2) is 5.35. The van der Waals surface area contributed by atoms with Crippen molar-refractivity contribution in [2.45, 2.75) is 37.8 Å². The molecule has 0 aliphatic heterocycles. The highest BCUT2D eigenvalue weighted by Gasteiger charge is 2.27. The molecule has 0 spiro atoms. The van der Waals surface area contributed by atoms with E-state index in [2.05, 4.69) is 24.1 Å². The molecule has 2 aromatic rings. The molecule has 19 heavy (non-hydrogen) atoms. The van der Waals surface area contributed by atoms with E-state index in [9.17, 15) is 0 Å². The maximum Gasteiger partial charge on any atom is 0.134 e. The quantitative estimate of drug-likeness (QED) is 0.915. The lowest BCUT2D eigenvalue weighted by Gasteiger charge is -2.30. The first-order valence-corrected chi connectivity index (χ1v) is 7.20. The Morgan fingerprint density at radius 3 is 2.74 bits per heavy atom. The van der Waals surface area contributed by atoms with Gasteiger partial charge in [-0.25, -0.2) is 0 Å². The molecule has 1 fully saturated rings. The van der Waals surface area contributed by atoms with Crippen molar-refractivity contribution in [1.82, 2.24) is 4.90 Å². The topological polar surface area (TPSA) is 42.4 Å². The van der Waals surface area contributed by atoms with Crippen molar-refractivity contribution in [2.75, 3.05) is 13.6 Å². The molecular weight excluding hydrogens is 236 g/mol. The smallest absolute Gasteiger partial charge is 0.134 e. The van der Waals surface area contributed by atoms with Gasteiger partial charge in [0, 0.05) is 18.0 Å². The van der Waals surface area contributed by atoms with Gasteiger partial charge in [-0.15, -0.1) is 0 Å². The molecule has 1 aromatic carbocycles. The summed E-state index contributed by atoms with van der Waals surface area (Å²) < 4.78 is 5.98. The summed E-state index contributed by atoms with van der Waals surface area (Å²) >= 11 is 0. The zero-order valence-electron chi connectivity index (χ0n) is 11.5. The third-order valence-corrected chi connectivity index (χ3v) is 4.39. The first kappa shape index (κ1) is 12.7. The standard InChI is InChI=1S/C16H22N2O/c1-18(13-7-3-4-8-13)14(11-17)16-10-12-6-2-5-9-15(12)19-16/h2,5-6,9-10,13-14H,3-4,7-8,11,17H2,1H3. The number of fused-ring (bicyclic) bond motifs is 1. The van der Waals surface area contributed by atoms with Gasteiger partial charge in [0.2, 0.25) is 0 Å². The van der Waals surface area contributed by atoms with Crippen molar-refractivity contribution in [3.05, 3.63) is 36.1 Å². The molecule has 0 radical (unpaired) electrons. The van der Waals surface area contributed by atoms with Crippen LogP contribution in [0.5, 0.6) is 0 Å². The first-order chi connectivity index (χ1) is 9.29. The van der Waals surface area contributed by atoms with Crippen LogP contribution in [-0.4, -0.2) is 24.5 Å². The molecule has 3 nitrogen and oxygen atoms in total. The van der Waals surface area contributed by atoms with Crippen LogP contribution in [0.2, 0.25) is 0 Å². The highest BCUT2D eigenvalue weighted by Crippen LogP contribution is 2.31. The second-order valence-electron chi connectivity index (χ2n) is 5.54. The minimum atomic E-state index is 0.190. The van der Waals surface area contributed by atoms with Gasteiger partial charge in [-0.1, -0.05) is 31.0 Å². The Bertz CT molecular complexity index is 509. The summed E-state index contributed by atoms with van der Waals surface area (Å²) in [7, 11) is 2.18. The van der Waals surface area contributed by atoms with Crippen LogP contribution in [0.3, 0.4) is 0 Å². The number of nitrogens with two attached hydrogens (primary N) is 1. The largest absolute Gasteiger partial charge is 0.459 e. The van der Waals surface area contributed by atoms with Gasteiger partial charge >= 0.3 is 0 Å². The Hall–Kier alpha value is -1.32. The fourth-order valence-electron chi connectivity index (χ4n) is 3.22. The molecule has 1 aliphatic rings. The zero-order valence-corrected chi connectivity index (χ0v) is 11.5. The predicted octanol–water partition coefficient (Wildman–Crippen LogP) is 3.31. The normalized spacial score (nSPS) is 18.5. The molecule has 3 heteroatoms. The van der Waals surface area contributed by atoms with Gasteiger partial charge in [-0.05, 0) is 32.0 Å². The van der Waals surface area contributed by atoms with E-state index in [4.69, 9.17) is 10.2 Å². The third-order valence-electron chi connectivity index (χ3n) is 4.39. The minimum absolute atomic E-state index is 0.190. The molecule has 3 rings (SSSR count). The summed E-state index contributed by atoms with van der Waals surface area (Å²) in [6, 6.07) is 11.1. The number of furan rings is 1. The van der Waals surface area contributed by atoms with Crippen molar-refractivity contribution >= 4 is 11.0 Å². The summed E-state index contributed by atoms with van der Waals surface area (Å²) in [6.07, 6.45) is 5.25. The summed E-state index contributed by atoms with van der Waals surface area (Å²) in [5, 5.41) is 1.16. The molecule has 1 heterocycles. The molecule has 0 amide bonds. The Kier molecular flexibility index (Phi) is 3.58. The van der Waals surface area contributed by atoms with Gasteiger partial charge in [0.1, 0.15) is 11.3 Å². The molecule has 2 N–H and O–H groups in total. The number of hydrogen-bond donors (Lipinski definition) is 1. The fourth-order valence-corrected chi connectivity index (χ4v) is 3.22. The zero-order chi connectivity index (χ0) is 13.2. The number of nitrogens with zero attached hydrogens (tertiary/aromatic N) is 1. The van der Waals surface area contributed by atoms with Gasteiger partial charge < -0.3 is 10.2 Å². The van der Waals surface area contributed by atoms with Crippen molar-refractivity contribution in [2.24, 2.45) is 5.73 Å². The van der Waals surface area contributed by atoms with Crippen LogP contribution in [-0.2, 0) is 0 Å². The maximum atomic E-state index is 5.99. The van der Waals surface area contributed by atoms with E-state index in [0.29, 0.717) is 12.6 Å². The molecule has 102 valence electrons. The molecule has 1 unspecified atom stereocenters. The number of rotatable bonds is 4. The highest BCUT2D eigenvalue weighted by atomic mass is 16.3. The summed E-state index contributed by atoms with van der Waals surface area (Å²) in [4.78, 5) is 2.41. The third kappa shape index (κ3) is 2.40. The predicted molar refractivity (Wildman–Crippen MR) is 78.0 cm³/mol.